The highest BCUT2D eigenvalue weighted by atomic mass is 35.5. The smallest absolute Gasteiger partial charge is 0.363 e. The van der Waals surface area contributed by atoms with Crippen molar-refractivity contribution in [3.8, 4) is 5.75 Å². The lowest BCUT2D eigenvalue weighted by molar-refractivity contribution is 0.317. The van der Waals surface area contributed by atoms with Crippen molar-refractivity contribution in [1.82, 2.24) is 15.2 Å². The van der Waals surface area contributed by atoms with Crippen molar-refractivity contribution in [2.24, 2.45) is 5.10 Å². The number of nitrogens with one attached hydrogen (secondary N) is 2. The highest BCUT2D eigenvalue weighted by molar-refractivity contribution is 6.32. The fourth-order valence-electron chi connectivity index (χ4n) is 1.59. The van der Waals surface area contributed by atoms with Gasteiger partial charge in [-0.2, -0.15) is 15.2 Å². The average molecular weight is 322 g/mol. The van der Waals surface area contributed by atoms with Gasteiger partial charge in [-0.25, -0.2) is 9.89 Å². The molecule has 0 bridgehead atoms. The number of nitrogens with zero attached hydrogens (tertiary/aromatic N) is 3. The molecule has 1 aromatic heterocycles. The largest absolute Gasteiger partial charge is 0.492 e. The van der Waals surface area contributed by atoms with Gasteiger partial charge in [0.25, 0.3) is 0 Å². The van der Waals surface area contributed by atoms with E-state index in [0.29, 0.717) is 28.9 Å². The summed E-state index contributed by atoms with van der Waals surface area (Å²) < 4.78 is 5.50. The van der Waals surface area contributed by atoms with Gasteiger partial charge in [0.05, 0.1) is 17.8 Å². The number of ether oxygens (including phenoxy) is 1. The van der Waals surface area contributed by atoms with E-state index in [1.54, 1.807) is 25.3 Å². The number of aryl methyl sites for hydroxylation is 1. The third kappa shape index (κ3) is 4.29. The quantitative estimate of drug-likeness (QED) is 0.629. The van der Waals surface area contributed by atoms with Crippen LogP contribution in [0.4, 0.5) is 5.82 Å². The van der Waals surface area contributed by atoms with Crippen LogP contribution in [0.5, 0.6) is 5.75 Å². The van der Waals surface area contributed by atoms with Crippen LogP contribution in [0.1, 0.15) is 24.6 Å². The van der Waals surface area contributed by atoms with Crippen molar-refractivity contribution in [3.63, 3.8) is 0 Å². The minimum atomic E-state index is -0.538. The van der Waals surface area contributed by atoms with Crippen molar-refractivity contribution >= 4 is 23.6 Å². The Morgan fingerprint density at radius 1 is 1.50 bits per heavy atom. The Hall–Kier alpha value is -2.41. The van der Waals surface area contributed by atoms with Crippen LogP contribution in [0, 0.1) is 6.92 Å². The van der Waals surface area contributed by atoms with Gasteiger partial charge in [0.15, 0.2) is 5.82 Å². The number of benzene rings is 1. The first-order valence-electron chi connectivity index (χ1n) is 6.75. The molecule has 0 aliphatic rings. The Kier molecular flexibility index (Phi) is 5.48. The number of hydrazone groups is 1. The van der Waals surface area contributed by atoms with Gasteiger partial charge < -0.3 is 4.74 Å². The molecule has 2 rings (SSSR count). The third-order valence-corrected chi connectivity index (χ3v) is 2.97. The molecule has 0 aliphatic carbocycles. The first-order valence-corrected chi connectivity index (χ1v) is 7.12. The first-order chi connectivity index (χ1) is 10.6. The molecule has 2 N–H and O–H groups in total. The average Bonchev–Trinajstić information content (AvgIpc) is 2.50. The van der Waals surface area contributed by atoms with E-state index >= 15 is 0 Å². The summed E-state index contributed by atoms with van der Waals surface area (Å²) in [7, 11) is 0. The van der Waals surface area contributed by atoms with Crippen LogP contribution in [0.25, 0.3) is 0 Å². The van der Waals surface area contributed by atoms with Gasteiger partial charge in [-0.3, -0.25) is 5.43 Å². The van der Waals surface area contributed by atoms with Gasteiger partial charge in [0, 0.05) is 0 Å². The number of aromatic amines is 1. The van der Waals surface area contributed by atoms with Crippen LogP contribution in [-0.2, 0) is 0 Å². The lowest BCUT2D eigenvalue weighted by atomic mass is 10.2. The Morgan fingerprint density at radius 3 is 3.05 bits per heavy atom. The number of rotatable bonds is 6. The Bertz CT molecular complexity index is 729. The van der Waals surface area contributed by atoms with Crippen molar-refractivity contribution in [3.05, 3.63) is 45.0 Å². The number of hydrogen-bond acceptors (Lipinski definition) is 6. The van der Waals surface area contributed by atoms with Gasteiger partial charge in [-0.1, -0.05) is 18.5 Å². The summed E-state index contributed by atoms with van der Waals surface area (Å²) in [5.41, 5.74) is 3.46. The van der Waals surface area contributed by atoms with E-state index < -0.39 is 5.69 Å². The van der Waals surface area contributed by atoms with Gasteiger partial charge in [-0.15, -0.1) is 0 Å². The molecule has 0 spiro atoms. The molecule has 7 nitrogen and oxygen atoms in total. The maximum Gasteiger partial charge on any atom is 0.363 e. The van der Waals surface area contributed by atoms with Crippen LogP contribution in [0.2, 0.25) is 5.02 Å². The SMILES string of the molecule is CCCOc1ccc(/C=N/Nc2nc(=O)[nH]nc2C)cc1Cl. The fraction of sp³-hybridized carbons (Fsp3) is 0.286. The highest BCUT2D eigenvalue weighted by Gasteiger charge is 2.03. The van der Waals surface area contributed by atoms with Crippen molar-refractivity contribution in [1.29, 1.82) is 0 Å². The molecule has 1 aromatic carbocycles. The minimum absolute atomic E-state index is 0.300. The molecule has 0 saturated carbocycles. The highest BCUT2D eigenvalue weighted by Crippen LogP contribution is 2.25. The zero-order chi connectivity index (χ0) is 15.9. The van der Waals surface area contributed by atoms with E-state index in [-0.39, 0.29) is 0 Å². The van der Waals surface area contributed by atoms with E-state index in [1.807, 2.05) is 13.0 Å². The second kappa shape index (κ2) is 7.56. The summed E-state index contributed by atoms with van der Waals surface area (Å²) >= 11 is 6.13. The molecule has 0 fully saturated rings. The number of hydrogen-bond donors (Lipinski definition) is 2. The summed E-state index contributed by atoms with van der Waals surface area (Å²) in [5.74, 6) is 0.943. The zero-order valence-corrected chi connectivity index (χ0v) is 13.0. The number of anilines is 1. The Morgan fingerprint density at radius 2 is 2.32 bits per heavy atom. The predicted molar refractivity (Wildman–Crippen MR) is 85.8 cm³/mol. The molecule has 0 amide bonds. The molecule has 0 unspecified atom stereocenters. The van der Waals surface area contributed by atoms with Crippen molar-refractivity contribution in [2.75, 3.05) is 12.0 Å². The van der Waals surface area contributed by atoms with Crippen molar-refractivity contribution in [2.45, 2.75) is 20.3 Å². The van der Waals surface area contributed by atoms with E-state index in [9.17, 15) is 4.79 Å². The number of aromatic nitrogens is 3. The molecule has 2 aromatic rings. The summed E-state index contributed by atoms with van der Waals surface area (Å²) in [6.45, 7) is 4.35. The molecule has 0 saturated heterocycles. The number of H-pyrrole nitrogens is 1. The Balaban J connectivity index is 2.05. The molecular weight excluding hydrogens is 306 g/mol. The maximum absolute atomic E-state index is 11.1. The summed E-state index contributed by atoms with van der Waals surface area (Å²) in [5, 5.41) is 10.6. The predicted octanol–water partition coefficient (Wildman–Crippen LogP) is 2.36. The van der Waals surface area contributed by atoms with E-state index in [0.717, 1.165) is 12.0 Å². The second-order valence-electron chi connectivity index (χ2n) is 4.48. The van der Waals surface area contributed by atoms with Crippen LogP contribution < -0.4 is 15.9 Å². The lowest BCUT2D eigenvalue weighted by Crippen LogP contribution is -2.15. The maximum atomic E-state index is 11.1. The summed E-state index contributed by atoms with van der Waals surface area (Å²) in [6.07, 6.45) is 2.48. The standard InChI is InChI=1S/C14H16ClN5O2/c1-3-6-22-12-5-4-10(7-11(12)15)8-16-19-13-9(2)18-20-14(21)17-13/h4-5,7-8H,3,6H2,1-2H3,(H2,17,19,20,21)/b16-8+. The molecule has 22 heavy (non-hydrogen) atoms. The van der Waals surface area contributed by atoms with Crippen LogP contribution in [0.3, 0.4) is 0 Å². The normalized spacial score (nSPS) is 10.9. The molecular formula is C14H16ClN5O2. The van der Waals surface area contributed by atoms with Crippen LogP contribution >= 0.6 is 11.6 Å². The van der Waals surface area contributed by atoms with Gasteiger partial charge in [0.2, 0.25) is 0 Å². The molecule has 8 heteroatoms. The van der Waals surface area contributed by atoms with E-state index in [2.05, 4.69) is 25.7 Å². The van der Waals surface area contributed by atoms with Gasteiger partial charge in [0.1, 0.15) is 11.4 Å². The topological polar surface area (TPSA) is 92.3 Å². The van der Waals surface area contributed by atoms with Gasteiger partial charge >= 0.3 is 5.69 Å². The lowest BCUT2D eigenvalue weighted by Gasteiger charge is -2.07. The monoisotopic (exact) mass is 321 g/mol. The minimum Gasteiger partial charge on any atom is -0.492 e. The van der Waals surface area contributed by atoms with E-state index in [4.69, 9.17) is 16.3 Å². The molecule has 0 aliphatic heterocycles. The molecule has 116 valence electrons. The fourth-order valence-corrected chi connectivity index (χ4v) is 1.84. The Labute approximate surface area is 132 Å². The van der Waals surface area contributed by atoms with Crippen LogP contribution in [-0.4, -0.2) is 28.0 Å². The number of halogens is 1. The van der Waals surface area contributed by atoms with Gasteiger partial charge in [-0.05, 0) is 37.1 Å². The second-order valence-corrected chi connectivity index (χ2v) is 4.89. The summed E-state index contributed by atoms with van der Waals surface area (Å²) in [6, 6.07) is 5.37. The van der Waals surface area contributed by atoms with Crippen LogP contribution in [0.15, 0.2) is 28.1 Å². The zero-order valence-electron chi connectivity index (χ0n) is 12.3. The third-order valence-electron chi connectivity index (χ3n) is 2.68. The summed E-state index contributed by atoms with van der Waals surface area (Å²) in [4.78, 5) is 14.8. The molecule has 0 radical (unpaired) electrons. The van der Waals surface area contributed by atoms with E-state index in [1.165, 1.54) is 0 Å². The first kappa shape index (κ1) is 16.0. The molecule has 1 heterocycles. The molecule has 0 atom stereocenters. The van der Waals surface area contributed by atoms with Crippen molar-refractivity contribution < 1.29 is 4.74 Å².